The van der Waals surface area contributed by atoms with E-state index in [1.165, 1.54) is 32.1 Å². The highest BCUT2D eigenvalue weighted by Gasteiger charge is 2.22. The number of fused-ring (bicyclic) bond motifs is 2. The molecule has 0 amide bonds. The quantitative estimate of drug-likeness (QED) is 0.542. The van der Waals surface area contributed by atoms with Crippen LogP contribution in [0.2, 0.25) is 0 Å². The SMILES string of the molecule is CC.CC.c1ccc2c(c1)CC1=C2CCCC1. The second-order valence-corrected chi connectivity index (χ2v) is 4.12. The Balaban J connectivity index is 0.000000330. The first-order chi connectivity index (χ1) is 8.45. The molecule has 0 heterocycles. The molecule has 0 atom stereocenters. The summed E-state index contributed by atoms with van der Waals surface area (Å²) in [4.78, 5) is 0. The van der Waals surface area contributed by atoms with E-state index in [0.29, 0.717) is 0 Å². The lowest BCUT2D eigenvalue weighted by molar-refractivity contribution is 0.711. The van der Waals surface area contributed by atoms with Gasteiger partial charge in [-0.15, -0.1) is 0 Å². The van der Waals surface area contributed by atoms with Gasteiger partial charge in [0.05, 0.1) is 0 Å². The van der Waals surface area contributed by atoms with Crippen LogP contribution in [0.1, 0.15) is 64.5 Å². The predicted molar refractivity (Wildman–Crippen MR) is 78.2 cm³/mol. The summed E-state index contributed by atoms with van der Waals surface area (Å²) in [5.41, 5.74) is 6.53. The summed E-state index contributed by atoms with van der Waals surface area (Å²) in [5.74, 6) is 0. The second-order valence-electron chi connectivity index (χ2n) is 4.12. The van der Waals surface area contributed by atoms with E-state index in [2.05, 4.69) is 24.3 Å². The molecule has 17 heavy (non-hydrogen) atoms. The normalized spacial score (nSPS) is 16.0. The minimum atomic E-state index is 1.24. The number of rotatable bonds is 0. The maximum Gasteiger partial charge on any atom is -0.00550 e. The van der Waals surface area contributed by atoms with Crippen LogP contribution in [0.4, 0.5) is 0 Å². The maximum atomic E-state index is 2.29. The van der Waals surface area contributed by atoms with Crippen LogP contribution in [-0.2, 0) is 6.42 Å². The van der Waals surface area contributed by atoms with Crippen molar-refractivity contribution in [3.8, 4) is 0 Å². The van der Waals surface area contributed by atoms with Crippen LogP contribution in [-0.4, -0.2) is 0 Å². The molecule has 0 unspecified atom stereocenters. The molecular weight excluding hydrogens is 204 g/mol. The third-order valence-corrected chi connectivity index (χ3v) is 3.33. The Morgan fingerprint density at radius 3 is 2.24 bits per heavy atom. The molecule has 0 saturated heterocycles. The zero-order valence-corrected chi connectivity index (χ0v) is 11.8. The first-order valence-corrected chi connectivity index (χ1v) is 7.24. The van der Waals surface area contributed by atoms with Gasteiger partial charge in [-0.3, -0.25) is 0 Å². The van der Waals surface area contributed by atoms with Gasteiger partial charge in [0.2, 0.25) is 0 Å². The molecule has 1 aromatic carbocycles. The summed E-state index contributed by atoms with van der Waals surface area (Å²) < 4.78 is 0. The van der Waals surface area contributed by atoms with E-state index in [1.54, 1.807) is 22.3 Å². The van der Waals surface area contributed by atoms with Gasteiger partial charge in [-0.25, -0.2) is 0 Å². The van der Waals surface area contributed by atoms with Gasteiger partial charge >= 0.3 is 0 Å². The molecule has 94 valence electrons. The molecular formula is C17H26. The topological polar surface area (TPSA) is 0 Å². The number of hydrogen-bond donors (Lipinski definition) is 0. The zero-order valence-electron chi connectivity index (χ0n) is 11.8. The lowest BCUT2D eigenvalue weighted by Gasteiger charge is -2.13. The number of allylic oxidation sites excluding steroid dienone is 2. The van der Waals surface area contributed by atoms with Crippen molar-refractivity contribution >= 4 is 5.57 Å². The molecule has 0 fully saturated rings. The van der Waals surface area contributed by atoms with Crippen LogP contribution in [0.25, 0.3) is 5.57 Å². The Kier molecular flexibility index (Phi) is 6.04. The van der Waals surface area contributed by atoms with Gasteiger partial charge in [-0.2, -0.15) is 0 Å². The highest BCUT2D eigenvalue weighted by atomic mass is 14.3. The van der Waals surface area contributed by atoms with E-state index >= 15 is 0 Å². The Hall–Kier alpha value is -1.04. The predicted octanol–water partition coefficient (Wildman–Crippen LogP) is 5.62. The van der Waals surface area contributed by atoms with Gasteiger partial charge in [-0.05, 0) is 48.8 Å². The second kappa shape index (κ2) is 7.32. The van der Waals surface area contributed by atoms with Crippen molar-refractivity contribution in [2.45, 2.75) is 59.8 Å². The standard InChI is InChI=1S/C13H14.2C2H6/c1-3-7-12-10(5-1)9-11-6-2-4-8-13(11)12;2*1-2/h1,3,5,7H,2,4,6,8-9H2;2*1-2H3. The van der Waals surface area contributed by atoms with E-state index in [4.69, 9.17) is 0 Å². The van der Waals surface area contributed by atoms with Crippen molar-refractivity contribution in [1.29, 1.82) is 0 Å². The molecule has 1 aromatic rings. The van der Waals surface area contributed by atoms with Gasteiger partial charge in [0.15, 0.2) is 0 Å². The summed E-state index contributed by atoms with van der Waals surface area (Å²) in [6, 6.07) is 8.91. The fourth-order valence-corrected chi connectivity index (χ4v) is 2.69. The Bertz CT molecular complexity index is 371. The van der Waals surface area contributed by atoms with Crippen LogP contribution in [0, 0.1) is 0 Å². The molecule has 2 aliphatic rings. The first kappa shape index (κ1) is 14.0. The van der Waals surface area contributed by atoms with E-state index in [-0.39, 0.29) is 0 Å². The Morgan fingerprint density at radius 1 is 0.824 bits per heavy atom. The highest BCUT2D eigenvalue weighted by molar-refractivity contribution is 5.76. The summed E-state index contributed by atoms with van der Waals surface area (Å²) in [7, 11) is 0. The van der Waals surface area contributed by atoms with Gasteiger partial charge in [0, 0.05) is 0 Å². The van der Waals surface area contributed by atoms with Crippen LogP contribution in [0.3, 0.4) is 0 Å². The minimum absolute atomic E-state index is 1.24. The summed E-state index contributed by atoms with van der Waals surface area (Å²) >= 11 is 0. The van der Waals surface area contributed by atoms with Crippen molar-refractivity contribution in [1.82, 2.24) is 0 Å². The summed E-state index contributed by atoms with van der Waals surface area (Å²) in [6.45, 7) is 8.00. The minimum Gasteiger partial charge on any atom is -0.0683 e. The van der Waals surface area contributed by atoms with E-state index in [1.807, 2.05) is 27.7 Å². The first-order valence-electron chi connectivity index (χ1n) is 7.24. The summed E-state index contributed by atoms with van der Waals surface area (Å²) in [5, 5.41) is 0. The van der Waals surface area contributed by atoms with Crippen molar-refractivity contribution in [2.24, 2.45) is 0 Å². The average Bonchev–Trinajstić information content (AvgIpc) is 2.82. The van der Waals surface area contributed by atoms with E-state index in [9.17, 15) is 0 Å². The monoisotopic (exact) mass is 230 g/mol. The van der Waals surface area contributed by atoms with Crippen LogP contribution >= 0.6 is 0 Å². The fourth-order valence-electron chi connectivity index (χ4n) is 2.69. The van der Waals surface area contributed by atoms with Crippen molar-refractivity contribution < 1.29 is 0 Å². The molecule has 0 saturated carbocycles. The number of hydrogen-bond acceptors (Lipinski definition) is 0. The van der Waals surface area contributed by atoms with Crippen LogP contribution < -0.4 is 0 Å². The smallest absolute Gasteiger partial charge is 0.00550 e. The van der Waals surface area contributed by atoms with Gasteiger partial charge < -0.3 is 0 Å². The molecule has 0 aromatic heterocycles. The largest absolute Gasteiger partial charge is 0.0683 e. The van der Waals surface area contributed by atoms with Crippen LogP contribution in [0.15, 0.2) is 29.8 Å². The van der Waals surface area contributed by atoms with Crippen molar-refractivity contribution in [3.05, 3.63) is 41.0 Å². The highest BCUT2D eigenvalue weighted by Crippen LogP contribution is 2.40. The molecule has 0 spiro atoms. The van der Waals surface area contributed by atoms with E-state index in [0.717, 1.165) is 0 Å². The molecule has 3 rings (SSSR count). The van der Waals surface area contributed by atoms with Crippen molar-refractivity contribution in [2.75, 3.05) is 0 Å². The Labute approximate surface area is 107 Å². The van der Waals surface area contributed by atoms with Gasteiger partial charge in [-0.1, -0.05) is 57.5 Å². The van der Waals surface area contributed by atoms with Crippen LogP contribution in [0.5, 0.6) is 0 Å². The van der Waals surface area contributed by atoms with Gasteiger partial charge in [0.1, 0.15) is 0 Å². The fraction of sp³-hybridized carbons (Fsp3) is 0.529. The molecule has 0 nitrogen and oxygen atoms in total. The molecule has 2 aliphatic carbocycles. The summed E-state index contributed by atoms with van der Waals surface area (Å²) in [6.07, 6.45) is 6.72. The van der Waals surface area contributed by atoms with Crippen molar-refractivity contribution in [3.63, 3.8) is 0 Å². The zero-order chi connectivity index (χ0) is 12.7. The lowest BCUT2D eigenvalue weighted by atomic mass is 9.92. The maximum absolute atomic E-state index is 2.29. The van der Waals surface area contributed by atoms with E-state index < -0.39 is 0 Å². The molecule has 0 N–H and O–H groups in total. The Morgan fingerprint density at radius 2 is 1.47 bits per heavy atom. The molecule has 0 bridgehead atoms. The third-order valence-electron chi connectivity index (χ3n) is 3.33. The molecule has 0 heteroatoms. The third kappa shape index (κ3) is 3.00. The molecule has 0 aliphatic heterocycles. The lowest BCUT2D eigenvalue weighted by Crippen LogP contribution is -1.93. The number of benzene rings is 1. The average molecular weight is 230 g/mol. The van der Waals surface area contributed by atoms with Gasteiger partial charge in [0.25, 0.3) is 0 Å². The molecule has 0 radical (unpaired) electrons.